The van der Waals surface area contributed by atoms with Gasteiger partial charge in [-0.2, -0.15) is 0 Å². The Hall–Kier alpha value is -0.590. The maximum absolute atomic E-state index is 4.12. The minimum Gasteiger partial charge on any atom is -0.269 e. The monoisotopic (exact) mass is 163 g/mol. The molecule has 0 radical (unpaired) electrons. The highest BCUT2D eigenvalue weighted by atomic mass is 14.7. The van der Waals surface area contributed by atoms with E-state index in [1.165, 1.54) is 38.5 Å². The summed E-state index contributed by atoms with van der Waals surface area (Å²) in [6, 6.07) is 0. The molecule has 1 atom stereocenters. The molecule has 0 aromatic heterocycles. The van der Waals surface area contributed by atoms with Gasteiger partial charge in [-0.05, 0) is 12.3 Å². The van der Waals surface area contributed by atoms with Gasteiger partial charge in [-0.3, -0.25) is 4.99 Å². The molecule has 2 rings (SSSR count). The molecule has 66 valence electrons. The number of rotatable bonds is 2. The predicted molar refractivity (Wildman–Crippen MR) is 52.3 cm³/mol. The van der Waals surface area contributed by atoms with E-state index < -0.39 is 0 Å². The van der Waals surface area contributed by atoms with Crippen LogP contribution in [0.4, 0.5) is 0 Å². The summed E-state index contributed by atoms with van der Waals surface area (Å²) in [5.41, 5.74) is 0. The average molecular weight is 163 g/mol. The Labute approximate surface area is 74.6 Å². The van der Waals surface area contributed by atoms with E-state index in [9.17, 15) is 0 Å². The first kappa shape index (κ1) is 8.03. The third kappa shape index (κ3) is 1.96. The van der Waals surface area contributed by atoms with Crippen LogP contribution in [-0.2, 0) is 0 Å². The van der Waals surface area contributed by atoms with Gasteiger partial charge in [-0.1, -0.05) is 38.2 Å². The van der Waals surface area contributed by atoms with E-state index in [2.05, 4.69) is 17.3 Å². The zero-order valence-corrected chi connectivity index (χ0v) is 7.58. The Morgan fingerprint density at radius 1 is 1.17 bits per heavy atom. The standard InChI is InChI=1S/C11H17N/c1-2-4-10(5-3-1)8-11-6-7-12-9-11/h6-7,9-11H,1-5,8H2. The Morgan fingerprint density at radius 2 is 2.00 bits per heavy atom. The van der Waals surface area contributed by atoms with E-state index in [4.69, 9.17) is 0 Å². The van der Waals surface area contributed by atoms with Gasteiger partial charge in [0.1, 0.15) is 0 Å². The van der Waals surface area contributed by atoms with Crippen LogP contribution in [0.2, 0.25) is 0 Å². The molecule has 1 aliphatic heterocycles. The number of aliphatic imine (C=N–C) groups is 1. The van der Waals surface area contributed by atoms with Crippen molar-refractivity contribution in [3.05, 3.63) is 12.3 Å². The number of nitrogens with zero attached hydrogens (tertiary/aromatic N) is 1. The maximum atomic E-state index is 4.12. The lowest BCUT2D eigenvalue weighted by Gasteiger charge is -2.22. The van der Waals surface area contributed by atoms with Crippen LogP contribution in [0.25, 0.3) is 0 Å². The van der Waals surface area contributed by atoms with Crippen molar-refractivity contribution in [2.75, 3.05) is 0 Å². The molecule has 1 fully saturated rings. The maximum Gasteiger partial charge on any atom is 0.0230 e. The Morgan fingerprint density at radius 3 is 2.67 bits per heavy atom. The molecular formula is C11H17N. The van der Waals surface area contributed by atoms with Crippen LogP contribution in [0.3, 0.4) is 0 Å². The van der Waals surface area contributed by atoms with Gasteiger partial charge in [0.05, 0.1) is 0 Å². The molecule has 0 saturated heterocycles. The molecule has 0 aromatic carbocycles. The van der Waals surface area contributed by atoms with Crippen LogP contribution in [0, 0.1) is 11.8 Å². The van der Waals surface area contributed by atoms with Crippen LogP contribution in [-0.4, -0.2) is 6.21 Å². The Balaban J connectivity index is 1.77. The molecule has 1 heterocycles. The van der Waals surface area contributed by atoms with Crippen molar-refractivity contribution in [1.82, 2.24) is 0 Å². The Bertz CT molecular complexity index is 175. The van der Waals surface area contributed by atoms with E-state index in [1.54, 1.807) is 0 Å². The van der Waals surface area contributed by atoms with Crippen molar-refractivity contribution < 1.29 is 0 Å². The molecule has 2 aliphatic rings. The van der Waals surface area contributed by atoms with Gasteiger partial charge < -0.3 is 0 Å². The number of hydrogen-bond acceptors (Lipinski definition) is 1. The third-order valence-electron chi connectivity index (χ3n) is 3.03. The van der Waals surface area contributed by atoms with Gasteiger partial charge in [0.15, 0.2) is 0 Å². The highest BCUT2D eigenvalue weighted by molar-refractivity contribution is 5.66. The van der Waals surface area contributed by atoms with E-state index in [0.29, 0.717) is 5.92 Å². The molecule has 1 heteroatoms. The van der Waals surface area contributed by atoms with Crippen molar-refractivity contribution in [3.8, 4) is 0 Å². The lowest BCUT2D eigenvalue weighted by atomic mass is 9.83. The molecule has 12 heavy (non-hydrogen) atoms. The summed E-state index contributed by atoms with van der Waals surface area (Å²) in [5, 5.41) is 0. The van der Waals surface area contributed by atoms with Crippen molar-refractivity contribution in [3.63, 3.8) is 0 Å². The smallest absolute Gasteiger partial charge is 0.0230 e. The second kappa shape index (κ2) is 3.88. The SMILES string of the molecule is C1=CC(CC2CCCCC2)C=N1. The third-order valence-corrected chi connectivity index (χ3v) is 3.03. The summed E-state index contributed by atoms with van der Waals surface area (Å²) in [4.78, 5) is 4.12. The molecule has 0 spiro atoms. The van der Waals surface area contributed by atoms with Gasteiger partial charge in [-0.25, -0.2) is 0 Å². The minimum absolute atomic E-state index is 0.660. The molecular weight excluding hydrogens is 146 g/mol. The molecule has 0 amide bonds. The summed E-state index contributed by atoms with van der Waals surface area (Å²) in [7, 11) is 0. The van der Waals surface area contributed by atoms with Crippen LogP contribution in [0.5, 0.6) is 0 Å². The van der Waals surface area contributed by atoms with Crippen molar-refractivity contribution >= 4 is 6.21 Å². The van der Waals surface area contributed by atoms with Crippen LogP contribution >= 0.6 is 0 Å². The van der Waals surface area contributed by atoms with E-state index in [1.807, 2.05) is 6.20 Å². The Kier molecular flexibility index (Phi) is 2.60. The number of hydrogen-bond donors (Lipinski definition) is 0. The first-order valence-electron chi connectivity index (χ1n) is 5.15. The molecule has 0 bridgehead atoms. The molecule has 0 aromatic rings. The lowest BCUT2D eigenvalue weighted by molar-refractivity contribution is 0.330. The highest BCUT2D eigenvalue weighted by Crippen LogP contribution is 2.29. The summed E-state index contributed by atoms with van der Waals surface area (Å²) in [5.74, 6) is 1.64. The van der Waals surface area contributed by atoms with Gasteiger partial charge in [0.25, 0.3) is 0 Å². The van der Waals surface area contributed by atoms with E-state index >= 15 is 0 Å². The van der Waals surface area contributed by atoms with Crippen molar-refractivity contribution in [1.29, 1.82) is 0 Å². The second-order valence-electron chi connectivity index (χ2n) is 4.04. The van der Waals surface area contributed by atoms with E-state index in [-0.39, 0.29) is 0 Å². The van der Waals surface area contributed by atoms with Crippen molar-refractivity contribution in [2.24, 2.45) is 16.8 Å². The van der Waals surface area contributed by atoms with Gasteiger partial charge in [-0.15, -0.1) is 0 Å². The van der Waals surface area contributed by atoms with Crippen LogP contribution < -0.4 is 0 Å². The largest absolute Gasteiger partial charge is 0.269 e. The van der Waals surface area contributed by atoms with Gasteiger partial charge in [0.2, 0.25) is 0 Å². The van der Waals surface area contributed by atoms with Gasteiger partial charge in [0, 0.05) is 18.3 Å². The second-order valence-corrected chi connectivity index (χ2v) is 4.04. The quantitative estimate of drug-likeness (QED) is 0.593. The van der Waals surface area contributed by atoms with Crippen LogP contribution in [0.1, 0.15) is 38.5 Å². The normalized spacial score (nSPS) is 29.8. The number of allylic oxidation sites excluding steroid dienone is 1. The topological polar surface area (TPSA) is 12.4 Å². The van der Waals surface area contributed by atoms with Crippen molar-refractivity contribution in [2.45, 2.75) is 38.5 Å². The van der Waals surface area contributed by atoms with Gasteiger partial charge >= 0.3 is 0 Å². The minimum atomic E-state index is 0.660. The summed E-state index contributed by atoms with van der Waals surface area (Å²) < 4.78 is 0. The molecule has 1 nitrogen and oxygen atoms in total. The molecule has 1 unspecified atom stereocenters. The molecule has 1 saturated carbocycles. The fourth-order valence-corrected chi connectivity index (χ4v) is 2.32. The first-order valence-corrected chi connectivity index (χ1v) is 5.15. The lowest BCUT2D eigenvalue weighted by Crippen LogP contribution is -2.10. The molecule has 0 N–H and O–H groups in total. The fraction of sp³-hybridized carbons (Fsp3) is 0.727. The summed E-state index contributed by atoms with van der Waals surface area (Å²) >= 11 is 0. The summed E-state index contributed by atoms with van der Waals surface area (Å²) in [6.07, 6.45) is 14.9. The fourth-order valence-electron chi connectivity index (χ4n) is 2.32. The summed E-state index contributed by atoms with van der Waals surface area (Å²) in [6.45, 7) is 0. The van der Waals surface area contributed by atoms with E-state index in [0.717, 1.165) is 5.92 Å². The predicted octanol–water partition coefficient (Wildman–Crippen LogP) is 3.17. The average Bonchev–Trinajstić information content (AvgIpc) is 2.59. The zero-order chi connectivity index (χ0) is 8.23. The zero-order valence-electron chi connectivity index (χ0n) is 7.58. The first-order chi connectivity index (χ1) is 5.95. The highest BCUT2D eigenvalue weighted by Gasteiger charge is 2.17. The molecule has 1 aliphatic carbocycles. The van der Waals surface area contributed by atoms with Crippen LogP contribution in [0.15, 0.2) is 17.3 Å².